The summed E-state index contributed by atoms with van der Waals surface area (Å²) in [5.74, 6) is 0. The van der Waals surface area contributed by atoms with Crippen molar-refractivity contribution in [2.75, 3.05) is 13.6 Å². The first-order chi connectivity index (χ1) is 4.99. The smallest absolute Gasteiger partial charge is 0.0957 e. The van der Waals surface area contributed by atoms with Crippen LogP contribution in [0.5, 0.6) is 0 Å². The van der Waals surface area contributed by atoms with Gasteiger partial charge in [0.2, 0.25) is 0 Å². The van der Waals surface area contributed by atoms with Crippen LogP contribution in [0, 0.1) is 16.7 Å². The summed E-state index contributed by atoms with van der Waals surface area (Å²) in [6.45, 7) is 6.91. The summed E-state index contributed by atoms with van der Waals surface area (Å²) in [5, 5.41) is 11.6. The molecule has 0 unspecified atom stereocenters. The van der Waals surface area contributed by atoms with Gasteiger partial charge in [0.1, 0.15) is 0 Å². The number of likely N-dealkylation sites (N-methyl/N-ethyl adjacent to an activating group) is 1. The Labute approximate surface area is 68.9 Å². The van der Waals surface area contributed by atoms with Crippen molar-refractivity contribution in [2.45, 2.75) is 20.8 Å². The van der Waals surface area contributed by atoms with Crippen LogP contribution in [0.2, 0.25) is 0 Å². The van der Waals surface area contributed by atoms with E-state index in [1.54, 1.807) is 0 Å². The summed E-state index contributed by atoms with van der Waals surface area (Å²) < 4.78 is 0. The zero-order chi connectivity index (χ0) is 8.91. The third kappa shape index (κ3) is 5.63. The molecule has 0 saturated carbocycles. The van der Waals surface area contributed by atoms with Gasteiger partial charge in [0.25, 0.3) is 0 Å². The first kappa shape index (κ1) is 10.2. The predicted octanol–water partition coefficient (Wildman–Crippen LogP) is 1.70. The molecule has 1 N–H and O–H groups in total. The van der Waals surface area contributed by atoms with E-state index >= 15 is 0 Å². The van der Waals surface area contributed by atoms with Gasteiger partial charge in [-0.3, -0.25) is 0 Å². The molecule has 0 aromatic carbocycles. The van der Waals surface area contributed by atoms with E-state index in [4.69, 9.17) is 5.26 Å². The molecule has 0 aliphatic rings. The highest BCUT2D eigenvalue weighted by Gasteiger charge is 2.07. The van der Waals surface area contributed by atoms with Gasteiger partial charge in [-0.25, -0.2) is 0 Å². The van der Waals surface area contributed by atoms with E-state index in [0.29, 0.717) is 6.54 Å². The highest BCUT2D eigenvalue weighted by molar-refractivity contribution is 5.24. The molecule has 2 heteroatoms. The maximum Gasteiger partial charge on any atom is 0.0957 e. The van der Waals surface area contributed by atoms with E-state index in [1.165, 1.54) is 0 Å². The predicted molar refractivity (Wildman–Crippen MR) is 47.1 cm³/mol. The van der Waals surface area contributed by atoms with Crippen LogP contribution in [0.25, 0.3) is 0 Å². The molecule has 11 heavy (non-hydrogen) atoms. The molecule has 0 heterocycles. The highest BCUT2D eigenvalue weighted by Crippen LogP contribution is 2.16. The molecule has 62 valence electrons. The number of hydrogen-bond acceptors (Lipinski definition) is 2. The topological polar surface area (TPSA) is 35.8 Å². The fraction of sp³-hybridized carbons (Fsp3) is 0.667. The maximum atomic E-state index is 8.66. The lowest BCUT2D eigenvalue weighted by molar-refractivity contribution is 0.539. The number of nitrogens with one attached hydrogen (secondary N) is 1. The van der Waals surface area contributed by atoms with Crippen molar-refractivity contribution in [3.05, 3.63) is 11.6 Å². The number of hydrogen-bond donors (Lipinski definition) is 1. The van der Waals surface area contributed by atoms with E-state index < -0.39 is 0 Å². The average molecular weight is 152 g/mol. The number of allylic oxidation sites excluding steroid dienone is 1. The molecule has 0 aromatic rings. The summed E-state index contributed by atoms with van der Waals surface area (Å²) in [6, 6.07) is 2.16. The van der Waals surface area contributed by atoms with Crippen LogP contribution in [0.1, 0.15) is 20.8 Å². The van der Waals surface area contributed by atoms with Crippen molar-refractivity contribution in [3.63, 3.8) is 0 Å². The van der Waals surface area contributed by atoms with E-state index in [1.807, 2.05) is 13.1 Å². The van der Waals surface area contributed by atoms with Crippen LogP contribution in [0.15, 0.2) is 11.6 Å². The minimum atomic E-state index is 0.0991. The van der Waals surface area contributed by atoms with Crippen molar-refractivity contribution < 1.29 is 0 Å². The fourth-order valence-electron chi connectivity index (χ4n) is 0.836. The lowest BCUT2D eigenvalue weighted by Crippen LogP contribution is -2.12. The van der Waals surface area contributed by atoms with Crippen molar-refractivity contribution in [1.29, 1.82) is 5.26 Å². The third-order valence-corrected chi connectivity index (χ3v) is 1.12. The molecule has 0 saturated heterocycles. The van der Waals surface area contributed by atoms with E-state index in [9.17, 15) is 0 Å². The summed E-state index contributed by atoms with van der Waals surface area (Å²) >= 11 is 0. The van der Waals surface area contributed by atoms with Crippen molar-refractivity contribution in [1.82, 2.24) is 5.32 Å². The molecule has 0 aliphatic heterocycles. The van der Waals surface area contributed by atoms with Crippen LogP contribution in [0.3, 0.4) is 0 Å². The first-order valence-corrected chi connectivity index (χ1v) is 3.76. The Bertz CT molecular complexity index is 179. The average Bonchev–Trinajstić information content (AvgIpc) is 1.84. The molecule has 0 spiro atoms. The Hall–Kier alpha value is -0.810. The summed E-state index contributed by atoms with van der Waals surface area (Å²) in [5.41, 5.74) is 0.905. The molecule has 2 nitrogen and oxygen atoms in total. The third-order valence-electron chi connectivity index (χ3n) is 1.12. The molecule has 0 fully saturated rings. The molecule has 0 aliphatic carbocycles. The molecular weight excluding hydrogens is 136 g/mol. The monoisotopic (exact) mass is 152 g/mol. The van der Waals surface area contributed by atoms with Crippen molar-refractivity contribution >= 4 is 0 Å². The Morgan fingerprint density at radius 1 is 1.55 bits per heavy atom. The molecule has 0 aromatic heterocycles. The van der Waals surface area contributed by atoms with Crippen LogP contribution in [-0.2, 0) is 0 Å². The number of nitriles is 1. The molecule has 0 atom stereocenters. The van der Waals surface area contributed by atoms with E-state index in [2.05, 4.69) is 32.2 Å². The molecule has 0 radical (unpaired) electrons. The van der Waals surface area contributed by atoms with Crippen molar-refractivity contribution in [3.8, 4) is 6.07 Å². The maximum absolute atomic E-state index is 8.66. The Balaban J connectivity index is 4.27. The zero-order valence-corrected chi connectivity index (χ0v) is 7.73. The molecule has 0 amide bonds. The van der Waals surface area contributed by atoms with Crippen molar-refractivity contribution in [2.24, 2.45) is 5.41 Å². The molecular formula is C9H16N2. The van der Waals surface area contributed by atoms with Gasteiger partial charge in [0, 0.05) is 12.1 Å². The summed E-state index contributed by atoms with van der Waals surface area (Å²) in [7, 11) is 1.84. The Morgan fingerprint density at radius 3 is 2.36 bits per heavy atom. The quantitative estimate of drug-likeness (QED) is 0.611. The Kier molecular flexibility index (Phi) is 3.84. The second-order valence-corrected chi connectivity index (χ2v) is 3.68. The fourth-order valence-corrected chi connectivity index (χ4v) is 0.836. The second kappa shape index (κ2) is 4.15. The summed E-state index contributed by atoms with van der Waals surface area (Å²) in [4.78, 5) is 0. The van der Waals surface area contributed by atoms with Gasteiger partial charge in [0.15, 0.2) is 0 Å². The van der Waals surface area contributed by atoms with Crippen LogP contribution >= 0.6 is 0 Å². The van der Waals surface area contributed by atoms with Gasteiger partial charge in [0.05, 0.1) is 6.07 Å². The lowest BCUT2D eigenvalue weighted by atomic mass is 9.94. The van der Waals surface area contributed by atoms with Crippen LogP contribution < -0.4 is 5.32 Å². The minimum Gasteiger partial charge on any atom is -0.315 e. The molecule has 0 bridgehead atoms. The largest absolute Gasteiger partial charge is 0.315 e. The molecule has 0 rings (SSSR count). The highest BCUT2D eigenvalue weighted by atomic mass is 14.8. The summed E-state index contributed by atoms with van der Waals surface area (Å²) in [6.07, 6.45) is 1.99. The Morgan fingerprint density at radius 2 is 2.09 bits per heavy atom. The normalized spacial score (nSPS) is 12.8. The van der Waals surface area contributed by atoms with Gasteiger partial charge < -0.3 is 5.32 Å². The first-order valence-electron chi connectivity index (χ1n) is 3.76. The van der Waals surface area contributed by atoms with Gasteiger partial charge in [-0.15, -0.1) is 0 Å². The lowest BCUT2D eigenvalue weighted by Gasteiger charge is -2.12. The standard InChI is InChI=1S/C9H16N2/c1-9(2,3)5-8(6-10)7-11-4/h5,11H,7H2,1-4H3/b8-5+. The number of rotatable bonds is 2. The zero-order valence-electron chi connectivity index (χ0n) is 7.73. The van der Waals surface area contributed by atoms with Gasteiger partial charge in [-0.2, -0.15) is 5.26 Å². The van der Waals surface area contributed by atoms with E-state index in [0.717, 1.165) is 5.57 Å². The minimum absolute atomic E-state index is 0.0991. The second-order valence-electron chi connectivity index (χ2n) is 3.68. The van der Waals surface area contributed by atoms with E-state index in [-0.39, 0.29) is 5.41 Å². The van der Waals surface area contributed by atoms with Crippen LogP contribution in [-0.4, -0.2) is 13.6 Å². The van der Waals surface area contributed by atoms with Gasteiger partial charge >= 0.3 is 0 Å². The van der Waals surface area contributed by atoms with Gasteiger partial charge in [-0.1, -0.05) is 26.8 Å². The van der Waals surface area contributed by atoms with Gasteiger partial charge in [-0.05, 0) is 12.5 Å². The van der Waals surface area contributed by atoms with Crippen LogP contribution in [0.4, 0.5) is 0 Å². The number of nitrogens with zero attached hydrogens (tertiary/aromatic N) is 1. The SMILES string of the molecule is CNC/C(C#N)=C/C(C)(C)C.